The van der Waals surface area contributed by atoms with Gasteiger partial charge in [0.1, 0.15) is 5.41 Å². The first kappa shape index (κ1) is 16.4. The van der Waals surface area contributed by atoms with Gasteiger partial charge in [0.05, 0.1) is 0 Å². The molecule has 1 heterocycles. The Bertz CT molecular complexity index is 362. The Morgan fingerprint density at radius 1 is 1.24 bits per heavy atom. The molecule has 4 amide bonds. The standard InChI is InChI=1S/C11H16N2O3.Na.H/c1-4-6-7(3)11(5-2)8(14)12-10(16)13-9(11)15;;/h6H,4-5H2,1-3H3,(H2,12,13,14,15,16);;/q;+1;-1/b7-6+;;. The molecule has 1 fully saturated rings. The number of hydrogen-bond donors (Lipinski definition) is 2. The number of amides is 4. The summed E-state index contributed by atoms with van der Waals surface area (Å²) in [6, 6.07) is -0.747. The molecule has 90 valence electrons. The Balaban J connectivity index is 0. The van der Waals surface area contributed by atoms with Crippen molar-refractivity contribution in [1.82, 2.24) is 10.6 Å². The van der Waals surface area contributed by atoms with Crippen LogP contribution in [0.2, 0.25) is 0 Å². The van der Waals surface area contributed by atoms with E-state index in [-0.39, 0.29) is 31.0 Å². The smallest absolute Gasteiger partial charge is 1.00 e. The zero-order chi connectivity index (χ0) is 12.3. The van der Waals surface area contributed by atoms with Crippen LogP contribution in [0.5, 0.6) is 0 Å². The van der Waals surface area contributed by atoms with Gasteiger partial charge in [0.25, 0.3) is 0 Å². The van der Waals surface area contributed by atoms with E-state index in [1.54, 1.807) is 13.8 Å². The average molecular weight is 248 g/mol. The maximum Gasteiger partial charge on any atom is 1.00 e. The predicted octanol–water partition coefficient (Wildman–Crippen LogP) is -1.78. The fourth-order valence-electron chi connectivity index (χ4n) is 1.99. The third-order valence-corrected chi connectivity index (χ3v) is 2.94. The monoisotopic (exact) mass is 248 g/mol. The summed E-state index contributed by atoms with van der Waals surface area (Å²) in [6.07, 6.45) is 2.90. The van der Waals surface area contributed by atoms with Gasteiger partial charge in [0.2, 0.25) is 11.8 Å². The van der Waals surface area contributed by atoms with E-state index < -0.39 is 23.3 Å². The van der Waals surface area contributed by atoms with Gasteiger partial charge < -0.3 is 1.43 Å². The number of urea groups is 1. The topological polar surface area (TPSA) is 75.3 Å². The number of nitrogens with one attached hydrogen (secondary N) is 2. The first-order chi connectivity index (χ1) is 7.48. The second kappa shape index (κ2) is 6.33. The summed E-state index contributed by atoms with van der Waals surface area (Å²) in [5.41, 5.74) is -0.552. The summed E-state index contributed by atoms with van der Waals surface area (Å²) in [5, 5.41) is 4.28. The Labute approximate surface area is 124 Å². The normalized spacial score (nSPS) is 19.2. The van der Waals surface area contributed by atoms with Crippen molar-refractivity contribution in [2.24, 2.45) is 5.41 Å². The number of barbiturate groups is 1. The van der Waals surface area contributed by atoms with Crippen LogP contribution in [-0.4, -0.2) is 17.8 Å². The van der Waals surface area contributed by atoms with Crippen LogP contribution in [0, 0.1) is 5.41 Å². The van der Waals surface area contributed by atoms with Crippen LogP contribution in [-0.2, 0) is 9.59 Å². The van der Waals surface area contributed by atoms with Crippen molar-refractivity contribution in [3.8, 4) is 0 Å². The zero-order valence-electron chi connectivity index (χ0n) is 11.7. The van der Waals surface area contributed by atoms with Crippen molar-refractivity contribution in [1.29, 1.82) is 0 Å². The largest absolute Gasteiger partial charge is 1.00 e. The number of allylic oxidation sites excluding steroid dienone is 1. The molecule has 0 aromatic carbocycles. The summed E-state index contributed by atoms with van der Waals surface area (Å²) >= 11 is 0. The first-order valence-corrected chi connectivity index (χ1v) is 5.33. The van der Waals surface area contributed by atoms with Gasteiger partial charge in [-0.05, 0) is 19.8 Å². The molecule has 0 radical (unpaired) electrons. The molecule has 0 spiro atoms. The number of rotatable bonds is 3. The van der Waals surface area contributed by atoms with Gasteiger partial charge in [-0.1, -0.05) is 25.5 Å². The molecule has 0 atom stereocenters. The summed E-state index contributed by atoms with van der Waals surface area (Å²) in [4.78, 5) is 34.7. The summed E-state index contributed by atoms with van der Waals surface area (Å²) in [6.45, 7) is 5.42. The molecular weight excluding hydrogens is 231 g/mol. The minimum atomic E-state index is -1.23. The molecule has 1 aliphatic heterocycles. The van der Waals surface area contributed by atoms with Crippen LogP contribution in [0.3, 0.4) is 0 Å². The van der Waals surface area contributed by atoms with Crippen LogP contribution < -0.4 is 40.2 Å². The average Bonchev–Trinajstić information content (AvgIpc) is 2.18. The van der Waals surface area contributed by atoms with E-state index in [0.29, 0.717) is 12.0 Å². The molecule has 5 nitrogen and oxygen atoms in total. The Morgan fingerprint density at radius 3 is 2.06 bits per heavy atom. The maximum atomic E-state index is 11.9. The number of carbonyl (C=O) groups excluding carboxylic acids is 3. The fourth-order valence-corrected chi connectivity index (χ4v) is 1.99. The van der Waals surface area contributed by atoms with Crippen molar-refractivity contribution in [3.63, 3.8) is 0 Å². The number of carbonyl (C=O) groups is 3. The Morgan fingerprint density at radius 2 is 1.71 bits per heavy atom. The molecule has 1 aliphatic rings. The van der Waals surface area contributed by atoms with E-state index in [1.165, 1.54) is 0 Å². The Kier molecular flexibility index (Phi) is 6.09. The second-order valence-electron chi connectivity index (χ2n) is 3.79. The van der Waals surface area contributed by atoms with E-state index in [2.05, 4.69) is 10.6 Å². The first-order valence-electron chi connectivity index (χ1n) is 5.33. The Hall–Kier alpha value is -0.650. The van der Waals surface area contributed by atoms with Crippen LogP contribution in [0.15, 0.2) is 11.6 Å². The van der Waals surface area contributed by atoms with Crippen LogP contribution >= 0.6 is 0 Å². The zero-order valence-corrected chi connectivity index (χ0v) is 12.7. The molecule has 2 N–H and O–H groups in total. The van der Waals surface area contributed by atoms with Gasteiger partial charge in [-0.2, -0.15) is 0 Å². The van der Waals surface area contributed by atoms with Crippen molar-refractivity contribution >= 4 is 17.8 Å². The van der Waals surface area contributed by atoms with E-state index in [0.717, 1.165) is 6.42 Å². The predicted molar refractivity (Wildman–Crippen MR) is 59.6 cm³/mol. The van der Waals surface area contributed by atoms with Crippen molar-refractivity contribution < 1.29 is 45.4 Å². The SMILES string of the molecule is CC/C=C(\C)C1(CC)C(=O)NC(=O)NC1=O.[H-].[Na+]. The summed E-state index contributed by atoms with van der Waals surface area (Å²) in [5.74, 6) is -1.07. The minimum absolute atomic E-state index is 0. The van der Waals surface area contributed by atoms with Gasteiger partial charge in [-0.25, -0.2) is 4.79 Å². The van der Waals surface area contributed by atoms with Gasteiger partial charge in [-0.3, -0.25) is 20.2 Å². The summed E-state index contributed by atoms with van der Waals surface area (Å²) < 4.78 is 0. The third-order valence-electron chi connectivity index (χ3n) is 2.94. The maximum absolute atomic E-state index is 11.9. The molecule has 17 heavy (non-hydrogen) atoms. The molecule has 0 aromatic heterocycles. The van der Waals surface area contributed by atoms with Crippen LogP contribution in [0.4, 0.5) is 4.79 Å². The molecule has 6 heteroatoms. The molecule has 0 aliphatic carbocycles. The fraction of sp³-hybridized carbons (Fsp3) is 0.545. The van der Waals surface area contributed by atoms with Crippen LogP contribution in [0.1, 0.15) is 35.0 Å². The molecule has 0 bridgehead atoms. The molecular formula is C11H17N2NaO3. The molecule has 0 saturated carbocycles. The van der Waals surface area contributed by atoms with E-state index in [1.807, 2.05) is 13.0 Å². The van der Waals surface area contributed by atoms with Gasteiger partial charge in [0, 0.05) is 0 Å². The molecule has 1 rings (SSSR count). The molecule has 1 saturated heterocycles. The van der Waals surface area contributed by atoms with Crippen molar-refractivity contribution in [2.75, 3.05) is 0 Å². The van der Waals surface area contributed by atoms with Crippen LogP contribution in [0.25, 0.3) is 0 Å². The minimum Gasteiger partial charge on any atom is -1.00 e. The van der Waals surface area contributed by atoms with Crippen molar-refractivity contribution in [3.05, 3.63) is 11.6 Å². The van der Waals surface area contributed by atoms with Gasteiger partial charge in [-0.15, -0.1) is 0 Å². The van der Waals surface area contributed by atoms with E-state index in [4.69, 9.17) is 0 Å². The van der Waals surface area contributed by atoms with Gasteiger partial charge >= 0.3 is 35.6 Å². The quantitative estimate of drug-likeness (QED) is 0.352. The third kappa shape index (κ3) is 2.78. The number of imide groups is 2. The van der Waals surface area contributed by atoms with Crippen molar-refractivity contribution in [2.45, 2.75) is 33.6 Å². The summed E-state index contributed by atoms with van der Waals surface area (Å²) in [7, 11) is 0. The second-order valence-corrected chi connectivity index (χ2v) is 3.79. The molecule has 0 aromatic rings. The molecule has 0 unspecified atom stereocenters. The van der Waals surface area contributed by atoms with E-state index >= 15 is 0 Å². The number of hydrogen-bond acceptors (Lipinski definition) is 3. The van der Waals surface area contributed by atoms with E-state index in [9.17, 15) is 14.4 Å². The van der Waals surface area contributed by atoms with Gasteiger partial charge in [0.15, 0.2) is 0 Å².